The first-order valence-electron chi connectivity index (χ1n) is 11.8. The normalized spacial score (nSPS) is 21.8. The highest BCUT2D eigenvalue weighted by Crippen LogP contribution is 2.29. The summed E-state index contributed by atoms with van der Waals surface area (Å²) in [6.45, 7) is 2.04. The van der Waals surface area contributed by atoms with Gasteiger partial charge in [-0.25, -0.2) is 15.0 Å². The molecule has 0 bridgehead atoms. The summed E-state index contributed by atoms with van der Waals surface area (Å²) in [5.41, 5.74) is 13.2. The average Bonchev–Trinajstić information content (AvgIpc) is 2.79. The summed E-state index contributed by atoms with van der Waals surface area (Å²) in [4.78, 5) is 29.0. The number of anilines is 1. The van der Waals surface area contributed by atoms with E-state index >= 15 is 0 Å². The molecule has 2 aromatic rings. The molecule has 5 N–H and O–H groups in total. The number of hydrogen-bond donors (Lipinski definition) is 3. The summed E-state index contributed by atoms with van der Waals surface area (Å²) < 4.78 is 0. The summed E-state index contributed by atoms with van der Waals surface area (Å²) in [5.74, 6) is 0.914. The van der Waals surface area contributed by atoms with Crippen LogP contribution in [0.15, 0.2) is 23.2 Å². The third-order valence-corrected chi connectivity index (χ3v) is 6.85. The lowest BCUT2D eigenvalue weighted by Gasteiger charge is -2.31. The lowest BCUT2D eigenvalue weighted by Crippen LogP contribution is -2.40. The number of aromatic nitrogens is 2. The van der Waals surface area contributed by atoms with E-state index in [0.717, 1.165) is 55.0 Å². The van der Waals surface area contributed by atoms with E-state index in [2.05, 4.69) is 21.4 Å². The number of carbonyl (C=O) groups is 1. The van der Waals surface area contributed by atoms with Gasteiger partial charge in [0.05, 0.1) is 17.6 Å². The van der Waals surface area contributed by atoms with Crippen LogP contribution in [0.2, 0.25) is 0 Å². The van der Waals surface area contributed by atoms with E-state index in [9.17, 15) is 4.79 Å². The second kappa shape index (κ2) is 9.71. The summed E-state index contributed by atoms with van der Waals surface area (Å²) >= 11 is 0. The van der Waals surface area contributed by atoms with Crippen molar-refractivity contribution in [3.05, 3.63) is 29.6 Å². The first-order chi connectivity index (χ1) is 15.4. The Hall–Kier alpha value is -2.90. The quantitative estimate of drug-likeness (QED) is 0.487. The fraction of sp³-hybridized carbons (Fsp3) is 0.583. The van der Waals surface area contributed by atoms with Crippen LogP contribution in [0, 0.1) is 6.92 Å². The SMILES string of the molecule is Cc1ccc2nc(C(=O)N(C)C3CCCCC3)nc(NC3CCCCC3N=C(N)N)c2c1. The fourth-order valence-corrected chi connectivity index (χ4v) is 5.04. The van der Waals surface area contributed by atoms with Gasteiger partial charge in [-0.1, -0.05) is 43.7 Å². The van der Waals surface area contributed by atoms with Gasteiger partial charge in [-0.15, -0.1) is 0 Å². The van der Waals surface area contributed by atoms with Crippen molar-refractivity contribution >= 4 is 28.6 Å². The van der Waals surface area contributed by atoms with Gasteiger partial charge >= 0.3 is 0 Å². The van der Waals surface area contributed by atoms with Crippen LogP contribution in [0.1, 0.15) is 74.0 Å². The van der Waals surface area contributed by atoms with Crippen molar-refractivity contribution in [2.45, 2.75) is 82.8 Å². The lowest BCUT2D eigenvalue weighted by atomic mass is 9.90. The number of benzene rings is 1. The summed E-state index contributed by atoms with van der Waals surface area (Å²) in [6.07, 6.45) is 9.74. The minimum absolute atomic E-state index is 0.00682. The molecule has 2 fully saturated rings. The lowest BCUT2D eigenvalue weighted by molar-refractivity contribution is 0.0684. The summed E-state index contributed by atoms with van der Waals surface area (Å²) in [6, 6.07) is 6.35. The first-order valence-corrected chi connectivity index (χ1v) is 11.8. The molecular formula is C24H35N7O. The molecule has 172 valence electrons. The average molecular weight is 438 g/mol. The monoisotopic (exact) mass is 437 g/mol. The van der Waals surface area contributed by atoms with Crippen LogP contribution in [-0.4, -0.2) is 51.9 Å². The molecule has 1 aromatic carbocycles. The Labute approximate surface area is 189 Å². The van der Waals surface area contributed by atoms with Crippen LogP contribution >= 0.6 is 0 Å². The summed E-state index contributed by atoms with van der Waals surface area (Å²) in [7, 11) is 1.88. The van der Waals surface area contributed by atoms with Crippen molar-refractivity contribution in [2.75, 3.05) is 12.4 Å². The number of hydrogen-bond acceptors (Lipinski definition) is 5. The Bertz CT molecular complexity index is 995. The number of rotatable bonds is 5. The Balaban J connectivity index is 1.68. The van der Waals surface area contributed by atoms with Crippen molar-refractivity contribution in [1.82, 2.24) is 14.9 Å². The van der Waals surface area contributed by atoms with Crippen molar-refractivity contribution < 1.29 is 4.79 Å². The third-order valence-electron chi connectivity index (χ3n) is 6.85. The van der Waals surface area contributed by atoms with Crippen LogP contribution < -0.4 is 16.8 Å². The van der Waals surface area contributed by atoms with E-state index in [-0.39, 0.29) is 35.8 Å². The molecule has 8 heteroatoms. The zero-order valence-electron chi connectivity index (χ0n) is 19.2. The van der Waals surface area contributed by atoms with Gasteiger partial charge in [0.25, 0.3) is 5.91 Å². The molecule has 1 heterocycles. The molecule has 1 amide bonds. The molecule has 8 nitrogen and oxygen atoms in total. The number of carbonyl (C=O) groups excluding carboxylic acids is 1. The van der Waals surface area contributed by atoms with E-state index in [1.165, 1.54) is 19.3 Å². The summed E-state index contributed by atoms with van der Waals surface area (Å²) in [5, 5.41) is 4.49. The van der Waals surface area contributed by atoms with Crippen molar-refractivity contribution in [3.8, 4) is 0 Å². The molecule has 1 aromatic heterocycles. The van der Waals surface area contributed by atoms with Crippen LogP contribution in [0.4, 0.5) is 5.82 Å². The predicted octanol–water partition coefficient (Wildman–Crippen LogP) is 3.34. The van der Waals surface area contributed by atoms with Gasteiger partial charge in [0.2, 0.25) is 5.82 Å². The number of aryl methyl sites for hydroxylation is 1. The molecule has 4 rings (SSSR count). The number of fused-ring (bicyclic) bond motifs is 1. The number of nitrogens with one attached hydrogen (secondary N) is 1. The molecule has 2 aliphatic carbocycles. The Kier molecular flexibility index (Phi) is 6.77. The zero-order chi connectivity index (χ0) is 22.7. The van der Waals surface area contributed by atoms with Crippen LogP contribution in [-0.2, 0) is 0 Å². The fourth-order valence-electron chi connectivity index (χ4n) is 5.04. The molecule has 2 aliphatic rings. The molecule has 0 saturated heterocycles. The van der Waals surface area contributed by atoms with Gasteiger partial charge in [-0.05, 0) is 44.7 Å². The smallest absolute Gasteiger partial charge is 0.291 e. The third kappa shape index (κ3) is 4.95. The van der Waals surface area contributed by atoms with Gasteiger partial charge in [0.1, 0.15) is 5.82 Å². The topological polar surface area (TPSA) is 123 Å². The molecular weight excluding hydrogens is 402 g/mol. The predicted molar refractivity (Wildman–Crippen MR) is 129 cm³/mol. The van der Waals surface area contributed by atoms with Crippen molar-refractivity contribution in [2.24, 2.45) is 16.5 Å². The van der Waals surface area contributed by atoms with Crippen molar-refractivity contribution in [3.63, 3.8) is 0 Å². The highest BCUT2D eigenvalue weighted by Gasteiger charge is 2.28. The zero-order valence-corrected chi connectivity index (χ0v) is 19.2. The largest absolute Gasteiger partial charge is 0.370 e. The van der Waals surface area contributed by atoms with E-state index in [4.69, 9.17) is 16.5 Å². The Morgan fingerprint density at radius 3 is 2.53 bits per heavy atom. The number of aliphatic imine (C=N–C) groups is 1. The van der Waals surface area contributed by atoms with E-state index < -0.39 is 0 Å². The maximum atomic E-state index is 13.3. The van der Waals surface area contributed by atoms with Crippen LogP contribution in [0.5, 0.6) is 0 Å². The van der Waals surface area contributed by atoms with Gasteiger partial charge < -0.3 is 21.7 Å². The molecule has 2 atom stereocenters. The van der Waals surface area contributed by atoms with Crippen LogP contribution in [0.25, 0.3) is 10.9 Å². The maximum Gasteiger partial charge on any atom is 0.291 e. The molecule has 0 aliphatic heterocycles. The van der Waals surface area contributed by atoms with Gasteiger partial charge in [-0.2, -0.15) is 0 Å². The second-order valence-corrected chi connectivity index (χ2v) is 9.28. The second-order valence-electron chi connectivity index (χ2n) is 9.28. The Morgan fingerprint density at radius 2 is 1.78 bits per heavy atom. The molecule has 0 spiro atoms. The van der Waals surface area contributed by atoms with Crippen molar-refractivity contribution in [1.29, 1.82) is 0 Å². The van der Waals surface area contributed by atoms with E-state index in [0.29, 0.717) is 5.82 Å². The minimum Gasteiger partial charge on any atom is -0.370 e. The number of guanidine groups is 1. The number of nitrogens with two attached hydrogens (primary N) is 2. The highest BCUT2D eigenvalue weighted by atomic mass is 16.2. The minimum atomic E-state index is -0.119. The number of nitrogens with zero attached hydrogens (tertiary/aromatic N) is 4. The number of amides is 1. The molecule has 2 unspecified atom stereocenters. The molecule has 0 radical (unpaired) electrons. The Morgan fingerprint density at radius 1 is 1.06 bits per heavy atom. The van der Waals surface area contributed by atoms with E-state index in [1.54, 1.807) is 0 Å². The van der Waals surface area contributed by atoms with E-state index in [1.807, 2.05) is 31.0 Å². The van der Waals surface area contributed by atoms with Crippen LogP contribution in [0.3, 0.4) is 0 Å². The molecule has 2 saturated carbocycles. The maximum absolute atomic E-state index is 13.3. The highest BCUT2D eigenvalue weighted by molar-refractivity contribution is 5.96. The van der Waals surface area contributed by atoms with Gasteiger partial charge in [0, 0.05) is 18.5 Å². The van der Waals surface area contributed by atoms with Gasteiger partial charge in [0.15, 0.2) is 5.96 Å². The standard InChI is InChI=1S/C24H35N7O/c1-15-12-13-18-17(14-15)21(28-19-10-6-7-11-20(19)29-24(25)26)30-22(27-18)23(32)31(2)16-8-4-3-5-9-16/h12-14,16,19-20H,3-11H2,1-2H3,(H4,25,26,29)(H,27,28,30). The molecule has 32 heavy (non-hydrogen) atoms. The van der Waals surface area contributed by atoms with Gasteiger partial charge in [-0.3, -0.25) is 4.79 Å². The first kappa shape index (κ1) is 22.3.